The second-order valence-corrected chi connectivity index (χ2v) is 6.27. The van der Waals surface area contributed by atoms with Gasteiger partial charge in [-0.15, -0.1) is 0 Å². The molecule has 0 atom stereocenters. The van der Waals surface area contributed by atoms with Gasteiger partial charge in [-0.2, -0.15) is 0 Å². The van der Waals surface area contributed by atoms with E-state index in [-0.39, 0.29) is 10.6 Å². The Balaban J connectivity index is 2.04. The molecule has 1 aromatic carbocycles. The lowest BCUT2D eigenvalue weighted by Crippen LogP contribution is -2.15. The third-order valence-electron chi connectivity index (χ3n) is 3.11. The first-order chi connectivity index (χ1) is 9.99. The zero-order chi connectivity index (χ0) is 15.4. The first kappa shape index (κ1) is 16.1. The molecule has 0 unspecified atom stereocenters. The highest BCUT2D eigenvalue weighted by Crippen LogP contribution is 2.22. The molecule has 0 aliphatic carbocycles. The van der Waals surface area contributed by atoms with Crippen molar-refractivity contribution in [3.63, 3.8) is 0 Å². The molecule has 5 nitrogen and oxygen atoms in total. The number of nitro benzene ring substituents is 1. The van der Waals surface area contributed by atoms with E-state index in [9.17, 15) is 10.1 Å². The van der Waals surface area contributed by atoms with Crippen LogP contribution in [-0.2, 0) is 13.1 Å². The molecule has 21 heavy (non-hydrogen) atoms. The monoisotopic (exact) mass is 413 g/mol. The summed E-state index contributed by atoms with van der Waals surface area (Å²) >= 11 is 6.81. The van der Waals surface area contributed by atoms with Crippen LogP contribution in [0.15, 0.2) is 39.4 Å². The molecule has 0 amide bonds. The highest BCUT2D eigenvalue weighted by molar-refractivity contribution is 9.11. The lowest BCUT2D eigenvalue weighted by molar-refractivity contribution is -0.385. The number of nitrogens with zero attached hydrogens (tertiary/aromatic N) is 2. The predicted octanol–water partition coefficient (Wildman–Crippen LogP) is 4.11. The summed E-state index contributed by atoms with van der Waals surface area (Å²) in [5, 5.41) is 14.2. The van der Waals surface area contributed by atoms with E-state index in [1.807, 2.05) is 12.1 Å². The Labute approximate surface area is 139 Å². The fourth-order valence-electron chi connectivity index (χ4n) is 1.95. The van der Waals surface area contributed by atoms with Crippen LogP contribution in [0.2, 0.25) is 0 Å². The van der Waals surface area contributed by atoms with Gasteiger partial charge in [-0.25, -0.2) is 0 Å². The average molecular weight is 415 g/mol. The van der Waals surface area contributed by atoms with Crippen LogP contribution in [0.1, 0.15) is 16.8 Å². The van der Waals surface area contributed by atoms with Gasteiger partial charge in [0.25, 0.3) is 5.69 Å². The summed E-state index contributed by atoms with van der Waals surface area (Å²) in [5.41, 5.74) is 2.65. The zero-order valence-electron chi connectivity index (χ0n) is 11.3. The van der Waals surface area contributed by atoms with Crippen molar-refractivity contribution in [3.05, 3.63) is 66.3 Å². The Kier molecular flexibility index (Phi) is 5.44. The molecule has 0 radical (unpaired) electrons. The van der Waals surface area contributed by atoms with Gasteiger partial charge < -0.3 is 5.32 Å². The van der Waals surface area contributed by atoms with Gasteiger partial charge in [0.05, 0.1) is 10.6 Å². The van der Waals surface area contributed by atoms with E-state index in [1.165, 1.54) is 6.07 Å². The molecule has 0 saturated carbocycles. The number of halogens is 2. The van der Waals surface area contributed by atoms with Crippen LogP contribution in [0.25, 0.3) is 0 Å². The molecule has 1 aromatic heterocycles. The Morgan fingerprint density at radius 3 is 2.76 bits per heavy atom. The van der Waals surface area contributed by atoms with Gasteiger partial charge in [0.2, 0.25) is 0 Å². The smallest absolute Gasteiger partial charge is 0.272 e. The quantitative estimate of drug-likeness (QED) is 0.590. The maximum atomic E-state index is 10.9. The van der Waals surface area contributed by atoms with Gasteiger partial charge in [-0.1, -0.05) is 12.1 Å². The molecule has 110 valence electrons. The standard InChI is InChI=1S/C14H13Br2N3O2/c1-9-10(3-2-4-14(9)19(20)21)6-17-8-13-12(16)5-11(15)7-18-13/h2-5,7,17H,6,8H2,1H3. The molecule has 7 heteroatoms. The Morgan fingerprint density at radius 1 is 1.33 bits per heavy atom. The second kappa shape index (κ2) is 7.11. The summed E-state index contributed by atoms with van der Waals surface area (Å²) in [7, 11) is 0. The van der Waals surface area contributed by atoms with Crippen molar-refractivity contribution >= 4 is 37.5 Å². The van der Waals surface area contributed by atoms with Gasteiger partial charge in [0, 0.05) is 39.9 Å². The van der Waals surface area contributed by atoms with E-state index < -0.39 is 0 Å². The fraction of sp³-hybridized carbons (Fsp3) is 0.214. The Bertz CT molecular complexity index is 677. The number of benzene rings is 1. The molecule has 1 N–H and O–H groups in total. The van der Waals surface area contributed by atoms with Crippen molar-refractivity contribution in [3.8, 4) is 0 Å². The van der Waals surface area contributed by atoms with Gasteiger partial charge in [0.15, 0.2) is 0 Å². The van der Waals surface area contributed by atoms with Crippen molar-refractivity contribution in [2.75, 3.05) is 0 Å². The van der Waals surface area contributed by atoms with E-state index in [0.29, 0.717) is 18.7 Å². The molecule has 0 bridgehead atoms. The first-order valence-electron chi connectivity index (χ1n) is 6.22. The summed E-state index contributed by atoms with van der Waals surface area (Å²) in [4.78, 5) is 14.9. The minimum atomic E-state index is -0.355. The van der Waals surface area contributed by atoms with Gasteiger partial charge in [-0.05, 0) is 50.4 Å². The van der Waals surface area contributed by atoms with E-state index >= 15 is 0 Å². The molecule has 0 fully saturated rings. The van der Waals surface area contributed by atoms with Crippen molar-refractivity contribution in [2.45, 2.75) is 20.0 Å². The largest absolute Gasteiger partial charge is 0.307 e. The van der Waals surface area contributed by atoms with Gasteiger partial charge in [0.1, 0.15) is 0 Å². The molecule has 0 saturated heterocycles. The number of aromatic nitrogens is 1. The SMILES string of the molecule is Cc1c(CNCc2ncc(Br)cc2Br)cccc1[N+](=O)[O-]. The predicted molar refractivity (Wildman–Crippen MR) is 88.0 cm³/mol. The maximum Gasteiger partial charge on any atom is 0.272 e. The van der Waals surface area contributed by atoms with E-state index in [0.717, 1.165) is 20.2 Å². The van der Waals surface area contributed by atoms with Gasteiger partial charge in [-0.3, -0.25) is 15.1 Å². The molecular weight excluding hydrogens is 402 g/mol. The first-order valence-corrected chi connectivity index (χ1v) is 7.81. The van der Waals surface area contributed by atoms with Crippen molar-refractivity contribution in [1.82, 2.24) is 10.3 Å². The minimum Gasteiger partial charge on any atom is -0.307 e. The number of nitro groups is 1. The summed E-state index contributed by atoms with van der Waals surface area (Å²) in [6.45, 7) is 2.90. The number of hydrogen-bond acceptors (Lipinski definition) is 4. The topological polar surface area (TPSA) is 68.1 Å². The van der Waals surface area contributed by atoms with Crippen molar-refractivity contribution < 1.29 is 4.92 Å². The minimum absolute atomic E-state index is 0.150. The zero-order valence-corrected chi connectivity index (χ0v) is 14.4. The summed E-state index contributed by atoms with van der Waals surface area (Å²) in [6, 6.07) is 7.05. The van der Waals surface area contributed by atoms with E-state index in [2.05, 4.69) is 42.2 Å². The van der Waals surface area contributed by atoms with Crippen molar-refractivity contribution in [2.24, 2.45) is 0 Å². The van der Waals surface area contributed by atoms with E-state index in [1.54, 1.807) is 19.2 Å². The van der Waals surface area contributed by atoms with Crippen LogP contribution >= 0.6 is 31.9 Å². The lowest BCUT2D eigenvalue weighted by atomic mass is 10.1. The molecule has 0 aliphatic rings. The van der Waals surface area contributed by atoms with E-state index in [4.69, 9.17) is 0 Å². The summed E-state index contributed by atoms with van der Waals surface area (Å²) in [5.74, 6) is 0. The number of hydrogen-bond donors (Lipinski definition) is 1. The van der Waals surface area contributed by atoms with Crippen LogP contribution in [0, 0.1) is 17.0 Å². The number of rotatable bonds is 5. The average Bonchev–Trinajstić information content (AvgIpc) is 2.42. The maximum absolute atomic E-state index is 10.9. The molecule has 0 aliphatic heterocycles. The third-order valence-corrected chi connectivity index (χ3v) is 4.23. The molecule has 2 aromatic rings. The van der Waals surface area contributed by atoms with Crippen molar-refractivity contribution in [1.29, 1.82) is 0 Å². The van der Waals surface area contributed by atoms with Crippen LogP contribution < -0.4 is 5.32 Å². The third kappa shape index (κ3) is 4.09. The van der Waals surface area contributed by atoms with Crippen LogP contribution in [0.4, 0.5) is 5.69 Å². The van der Waals surface area contributed by atoms with Crippen LogP contribution in [0.3, 0.4) is 0 Å². The number of nitrogens with one attached hydrogen (secondary N) is 1. The Morgan fingerprint density at radius 2 is 2.10 bits per heavy atom. The second-order valence-electron chi connectivity index (χ2n) is 4.50. The molecular formula is C14H13Br2N3O2. The molecule has 1 heterocycles. The molecule has 0 spiro atoms. The number of pyridine rings is 1. The Hall–Kier alpha value is -1.31. The highest BCUT2D eigenvalue weighted by atomic mass is 79.9. The summed E-state index contributed by atoms with van der Waals surface area (Å²) in [6.07, 6.45) is 1.74. The lowest BCUT2D eigenvalue weighted by Gasteiger charge is -2.09. The molecule has 2 rings (SSSR count). The normalized spacial score (nSPS) is 10.6. The van der Waals surface area contributed by atoms with Crippen LogP contribution in [-0.4, -0.2) is 9.91 Å². The fourth-order valence-corrected chi connectivity index (χ4v) is 3.08. The van der Waals surface area contributed by atoms with Crippen LogP contribution in [0.5, 0.6) is 0 Å². The van der Waals surface area contributed by atoms with Gasteiger partial charge >= 0.3 is 0 Å². The summed E-state index contributed by atoms with van der Waals surface area (Å²) < 4.78 is 1.83. The highest BCUT2D eigenvalue weighted by Gasteiger charge is 2.12.